The smallest absolute Gasteiger partial charge is 0.248 e. The van der Waals surface area contributed by atoms with E-state index in [-0.39, 0.29) is 18.4 Å². The summed E-state index contributed by atoms with van der Waals surface area (Å²) < 4.78 is 9.76. The number of aryl methyl sites for hydroxylation is 1. The molecule has 0 spiro atoms. The lowest BCUT2D eigenvalue weighted by molar-refractivity contribution is -0.134. The Morgan fingerprint density at radius 1 is 1.36 bits per heavy atom. The van der Waals surface area contributed by atoms with Crippen LogP contribution in [0.5, 0.6) is 0 Å². The van der Waals surface area contributed by atoms with Gasteiger partial charge in [-0.05, 0) is 6.07 Å². The fourth-order valence-corrected chi connectivity index (χ4v) is 3.04. The Bertz CT molecular complexity index is 708. The maximum absolute atomic E-state index is 11.7. The van der Waals surface area contributed by atoms with Crippen molar-refractivity contribution in [3.05, 3.63) is 36.2 Å². The second kappa shape index (κ2) is 7.79. The van der Waals surface area contributed by atoms with Gasteiger partial charge in [0.1, 0.15) is 12.4 Å². The number of fused-ring (bicyclic) bond motifs is 1. The van der Waals surface area contributed by atoms with Gasteiger partial charge in [0.2, 0.25) is 5.91 Å². The predicted octanol–water partition coefficient (Wildman–Crippen LogP) is 0.353. The minimum absolute atomic E-state index is 0.0155. The molecule has 1 aliphatic rings. The number of rotatable bonds is 6. The Labute approximate surface area is 148 Å². The first-order valence-electron chi connectivity index (χ1n) is 8.50. The second-order valence-corrected chi connectivity index (χ2v) is 6.80. The number of carbonyl (C=O) groups is 1. The average molecular weight is 346 g/mol. The van der Waals surface area contributed by atoms with Gasteiger partial charge in [-0.1, -0.05) is 0 Å². The molecule has 0 aliphatic carbocycles. The number of likely N-dealkylation sites (N-methyl/N-ethyl adjacent to an activating group) is 1. The van der Waals surface area contributed by atoms with Crippen molar-refractivity contribution in [3.8, 4) is 0 Å². The molecule has 2 aromatic heterocycles. The Balaban J connectivity index is 1.64. The number of nitrogens with zero attached hydrogens (tertiary/aromatic N) is 6. The van der Waals surface area contributed by atoms with Crippen molar-refractivity contribution in [2.24, 2.45) is 13.0 Å². The van der Waals surface area contributed by atoms with E-state index in [0.717, 1.165) is 32.0 Å². The average Bonchev–Trinajstić information content (AvgIpc) is 3.13. The maximum Gasteiger partial charge on any atom is 0.248 e. The van der Waals surface area contributed by atoms with E-state index in [2.05, 4.69) is 21.0 Å². The molecule has 1 unspecified atom stereocenters. The van der Waals surface area contributed by atoms with Gasteiger partial charge in [-0.2, -0.15) is 5.10 Å². The molecule has 0 fully saturated rings. The van der Waals surface area contributed by atoms with Gasteiger partial charge in [-0.15, -0.1) is 0 Å². The molecule has 1 aliphatic heterocycles. The third-order valence-electron chi connectivity index (χ3n) is 4.50. The molecule has 25 heavy (non-hydrogen) atoms. The summed E-state index contributed by atoms with van der Waals surface area (Å²) in [6.07, 6.45) is 5.63. The van der Waals surface area contributed by atoms with Crippen molar-refractivity contribution in [2.75, 3.05) is 33.9 Å². The van der Waals surface area contributed by atoms with Crippen molar-refractivity contribution in [3.63, 3.8) is 0 Å². The molecule has 1 amide bonds. The van der Waals surface area contributed by atoms with Crippen LogP contribution in [-0.4, -0.2) is 68.9 Å². The van der Waals surface area contributed by atoms with E-state index < -0.39 is 0 Å². The molecule has 8 heteroatoms. The van der Waals surface area contributed by atoms with Crippen LogP contribution in [0.1, 0.15) is 11.5 Å². The van der Waals surface area contributed by atoms with Crippen LogP contribution < -0.4 is 0 Å². The van der Waals surface area contributed by atoms with Crippen molar-refractivity contribution < 1.29 is 9.53 Å². The van der Waals surface area contributed by atoms with Gasteiger partial charge >= 0.3 is 0 Å². The Morgan fingerprint density at radius 2 is 2.20 bits per heavy atom. The van der Waals surface area contributed by atoms with Crippen LogP contribution in [-0.2, 0) is 36.2 Å². The summed E-state index contributed by atoms with van der Waals surface area (Å²) in [5.74, 6) is 1.30. The highest BCUT2D eigenvalue weighted by atomic mass is 16.5. The van der Waals surface area contributed by atoms with E-state index in [4.69, 9.17) is 4.74 Å². The van der Waals surface area contributed by atoms with Gasteiger partial charge in [-0.25, -0.2) is 4.98 Å². The second-order valence-electron chi connectivity index (χ2n) is 6.80. The Morgan fingerprint density at radius 3 is 2.92 bits per heavy atom. The van der Waals surface area contributed by atoms with E-state index in [0.29, 0.717) is 6.61 Å². The summed E-state index contributed by atoms with van der Waals surface area (Å²) in [6.45, 7) is 3.95. The summed E-state index contributed by atoms with van der Waals surface area (Å²) in [5.41, 5.74) is 1.20. The van der Waals surface area contributed by atoms with E-state index >= 15 is 0 Å². The first kappa shape index (κ1) is 17.6. The minimum Gasteiger partial charge on any atom is -0.371 e. The fraction of sp³-hybridized carbons (Fsp3) is 0.588. The SMILES string of the molecule is CN(C)C(=O)COCC1CN(Cc2nccn2C)Cc2ccnn2C1. The molecule has 136 valence electrons. The largest absolute Gasteiger partial charge is 0.371 e. The molecular weight excluding hydrogens is 320 g/mol. The van der Waals surface area contributed by atoms with Gasteiger partial charge < -0.3 is 14.2 Å². The standard InChI is InChI=1S/C17H26N6O2/c1-20(2)17(24)13-25-12-14-8-22(11-16-18-6-7-21(16)3)10-15-4-5-19-23(15)9-14/h4-7,14H,8-13H2,1-3H3. The molecular formula is C17H26N6O2. The van der Waals surface area contributed by atoms with Gasteiger partial charge in [-0.3, -0.25) is 14.4 Å². The number of amides is 1. The monoisotopic (exact) mass is 346 g/mol. The van der Waals surface area contributed by atoms with Crippen LogP contribution in [0, 0.1) is 5.92 Å². The minimum atomic E-state index is -0.0155. The van der Waals surface area contributed by atoms with Gasteiger partial charge in [0.05, 0.1) is 18.8 Å². The first-order valence-corrected chi connectivity index (χ1v) is 8.50. The molecule has 2 aromatic rings. The summed E-state index contributed by atoms with van der Waals surface area (Å²) in [7, 11) is 5.49. The molecule has 1 atom stereocenters. The van der Waals surface area contributed by atoms with Crippen LogP contribution in [0.2, 0.25) is 0 Å². The Kier molecular flexibility index (Phi) is 5.50. The van der Waals surface area contributed by atoms with Crippen LogP contribution >= 0.6 is 0 Å². The van der Waals surface area contributed by atoms with Gasteiger partial charge in [0.25, 0.3) is 0 Å². The zero-order chi connectivity index (χ0) is 17.8. The molecule has 0 radical (unpaired) electrons. The van der Waals surface area contributed by atoms with E-state index in [1.165, 1.54) is 5.69 Å². The Hall–Kier alpha value is -2.19. The molecule has 0 N–H and O–H groups in total. The van der Waals surface area contributed by atoms with Crippen molar-refractivity contribution in [2.45, 2.75) is 19.6 Å². The van der Waals surface area contributed by atoms with Crippen LogP contribution in [0.3, 0.4) is 0 Å². The van der Waals surface area contributed by atoms with E-state index in [1.54, 1.807) is 19.0 Å². The van der Waals surface area contributed by atoms with E-state index in [1.807, 2.05) is 34.9 Å². The lowest BCUT2D eigenvalue weighted by atomic mass is 10.1. The molecule has 3 rings (SSSR count). The zero-order valence-corrected chi connectivity index (χ0v) is 15.1. The number of imidazole rings is 1. The molecule has 8 nitrogen and oxygen atoms in total. The fourth-order valence-electron chi connectivity index (χ4n) is 3.04. The highest BCUT2D eigenvalue weighted by Gasteiger charge is 2.23. The normalized spacial score (nSPS) is 18.0. The van der Waals surface area contributed by atoms with Crippen molar-refractivity contribution >= 4 is 5.91 Å². The van der Waals surface area contributed by atoms with E-state index in [9.17, 15) is 4.79 Å². The third kappa shape index (κ3) is 4.46. The number of aromatic nitrogens is 4. The predicted molar refractivity (Wildman–Crippen MR) is 92.6 cm³/mol. The number of hydrogen-bond acceptors (Lipinski definition) is 5. The van der Waals surface area contributed by atoms with Crippen molar-refractivity contribution in [1.82, 2.24) is 29.1 Å². The third-order valence-corrected chi connectivity index (χ3v) is 4.50. The van der Waals surface area contributed by atoms with Crippen LogP contribution in [0.25, 0.3) is 0 Å². The first-order chi connectivity index (χ1) is 12.0. The summed E-state index contributed by atoms with van der Waals surface area (Å²) in [6, 6.07) is 2.06. The quantitative estimate of drug-likeness (QED) is 0.755. The summed E-state index contributed by atoms with van der Waals surface area (Å²) in [5, 5.41) is 4.43. The lowest BCUT2D eigenvalue weighted by Crippen LogP contribution is -2.32. The summed E-state index contributed by atoms with van der Waals surface area (Å²) in [4.78, 5) is 20.0. The zero-order valence-electron chi connectivity index (χ0n) is 15.1. The lowest BCUT2D eigenvalue weighted by Gasteiger charge is -2.23. The number of carbonyl (C=O) groups excluding carboxylic acids is 1. The highest BCUT2D eigenvalue weighted by molar-refractivity contribution is 5.76. The molecule has 0 saturated heterocycles. The summed E-state index contributed by atoms with van der Waals surface area (Å²) >= 11 is 0. The van der Waals surface area contributed by atoms with Gasteiger partial charge in [0.15, 0.2) is 0 Å². The molecule has 0 bridgehead atoms. The van der Waals surface area contributed by atoms with Gasteiger partial charge in [0, 0.05) is 65.3 Å². The topological polar surface area (TPSA) is 68.4 Å². The molecule has 3 heterocycles. The van der Waals surface area contributed by atoms with Crippen molar-refractivity contribution in [1.29, 1.82) is 0 Å². The molecule has 0 saturated carbocycles. The van der Waals surface area contributed by atoms with Crippen LogP contribution in [0.4, 0.5) is 0 Å². The number of hydrogen-bond donors (Lipinski definition) is 0. The highest BCUT2D eigenvalue weighted by Crippen LogP contribution is 2.18. The number of ether oxygens (including phenoxy) is 1. The molecule has 0 aromatic carbocycles. The van der Waals surface area contributed by atoms with Crippen LogP contribution in [0.15, 0.2) is 24.7 Å². The maximum atomic E-state index is 11.7.